The van der Waals surface area contributed by atoms with Crippen molar-refractivity contribution >= 4 is 23.3 Å². The van der Waals surface area contributed by atoms with Gasteiger partial charge in [-0.05, 0) is 68.9 Å². The molecule has 1 heterocycles. The van der Waals surface area contributed by atoms with Gasteiger partial charge in [0, 0.05) is 23.5 Å². The van der Waals surface area contributed by atoms with Crippen LogP contribution in [-0.2, 0) is 4.74 Å². The number of nitrogens with zero attached hydrogens (tertiary/aromatic N) is 1. The quantitative estimate of drug-likeness (QED) is 0.841. The van der Waals surface area contributed by atoms with Gasteiger partial charge in [-0.1, -0.05) is 23.7 Å². The summed E-state index contributed by atoms with van der Waals surface area (Å²) in [6.07, 6.45) is 2.53. The van der Waals surface area contributed by atoms with E-state index in [1.165, 1.54) is 5.57 Å². The van der Waals surface area contributed by atoms with Gasteiger partial charge in [0.1, 0.15) is 5.60 Å². The zero-order valence-electron chi connectivity index (χ0n) is 15.1. The van der Waals surface area contributed by atoms with Crippen LogP contribution in [0, 0.1) is 5.41 Å². The Kier molecular flexibility index (Phi) is 4.86. The summed E-state index contributed by atoms with van der Waals surface area (Å²) in [4.78, 5) is 13.9. The van der Waals surface area contributed by atoms with Gasteiger partial charge in [0.2, 0.25) is 0 Å². The van der Waals surface area contributed by atoms with Gasteiger partial charge in [-0.2, -0.15) is 0 Å². The number of carbonyl (C=O) groups is 1. The van der Waals surface area contributed by atoms with Crippen LogP contribution in [0.1, 0.15) is 45.6 Å². The average Bonchev–Trinajstić information content (AvgIpc) is 2.51. The summed E-state index contributed by atoms with van der Waals surface area (Å²) in [5.41, 5.74) is 3.06. The maximum Gasteiger partial charge on any atom is 0.410 e. The Morgan fingerprint density at radius 2 is 1.92 bits per heavy atom. The van der Waals surface area contributed by atoms with E-state index >= 15 is 0 Å². The maximum absolute atomic E-state index is 12.2. The Labute approximate surface area is 154 Å². The molecule has 0 aromatic heterocycles. The van der Waals surface area contributed by atoms with Gasteiger partial charge >= 0.3 is 6.09 Å². The maximum atomic E-state index is 12.2. The molecule has 1 aromatic rings. The van der Waals surface area contributed by atoms with E-state index in [2.05, 4.69) is 0 Å². The van der Waals surface area contributed by atoms with Crippen LogP contribution in [0.5, 0.6) is 0 Å². The van der Waals surface area contributed by atoms with Crippen LogP contribution in [0.25, 0.3) is 5.57 Å². The molecule has 1 aliphatic carbocycles. The first kappa shape index (κ1) is 18.3. The molecule has 1 N–H and O–H groups in total. The van der Waals surface area contributed by atoms with Crippen molar-refractivity contribution in [3.05, 3.63) is 40.4 Å². The SMILES string of the molecule is CC(C)(C)OC(=O)N1CC2(CCC(c3ccc(Cl)cc3)=C(CO)C2)C1. The normalized spacial score (nSPS) is 19.8. The lowest BCUT2D eigenvalue weighted by Gasteiger charge is -2.52. The predicted octanol–water partition coefficient (Wildman–Crippen LogP) is 4.51. The van der Waals surface area contributed by atoms with Crippen molar-refractivity contribution in [3.63, 3.8) is 0 Å². The standard InChI is InChI=1S/C20H26ClNO3/c1-19(2,3)25-18(24)22-12-20(13-22)9-8-17(15(10-20)11-23)14-4-6-16(21)7-5-14/h4-7,23H,8-13H2,1-3H3. The Morgan fingerprint density at radius 1 is 1.28 bits per heavy atom. The number of aliphatic hydroxyl groups excluding tert-OH is 1. The Hall–Kier alpha value is -1.52. The number of aliphatic hydroxyl groups is 1. The minimum Gasteiger partial charge on any atom is -0.444 e. The van der Waals surface area contributed by atoms with E-state index in [0.717, 1.165) is 30.4 Å². The van der Waals surface area contributed by atoms with Gasteiger partial charge < -0.3 is 14.7 Å². The van der Waals surface area contributed by atoms with Crippen molar-refractivity contribution in [1.29, 1.82) is 0 Å². The minimum absolute atomic E-state index is 0.0617. The molecule has 1 fully saturated rings. The summed E-state index contributed by atoms with van der Waals surface area (Å²) in [6.45, 7) is 7.12. The fraction of sp³-hybridized carbons (Fsp3) is 0.550. The zero-order chi connectivity index (χ0) is 18.2. The predicted molar refractivity (Wildman–Crippen MR) is 99.5 cm³/mol. The molecule has 1 aliphatic heterocycles. The molecule has 0 radical (unpaired) electrons. The van der Waals surface area contributed by atoms with E-state index in [1.54, 1.807) is 4.90 Å². The van der Waals surface area contributed by atoms with Crippen molar-refractivity contribution in [3.8, 4) is 0 Å². The molecule has 0 unspecified atom stereocenters. The first-order valence-electron chi connectivity index (χ1n) is 8.77. The summed E-state index contributed by atoms with van der Waals surface area (Å²) in [5, 5.41) is 10.6. The van der Waals surface area contributed by atoms with Crippen molar-refractivity contribution < 1.29 is 14.6 Å². The number of rotatable bonds is 2. The van der Waals surface area contributed by atoms with Crippen LogP contribution < -0.4 is 0 Å². The molecule has 0 saturated carbocycles. The van der Waals surface area contributed by atoms with E-state index in [-0.39, 0.29) is 18.1 Å². The van der Waals surface area contributed by atoms with E-state index < -0.39 is 5.60 Å². The second kappa shape index (κ2) is 6.65. The number of amides is 1. The molecule has 0 bridgehead atoms. The van der Waals surface area contributed by atoms with Crippen LogP contribution in [0.4, 0.5) is 4.79 Å². The van der Waals surface area contributed by atoms with Gasteiger partial charge in [0.25, 0.3) is 0 Å². The highest BCUT2D eigenvalue weighted by atomic mass is 35.5. The Morgan fingerprint density at radius 3 is 2.48 bits per heavy atom. The molecule has 25 heavy (non-hydrogen) atoms. The highest BCUT2D eigenvalue weighted by molar-refractivity contribution is 6.30. The van der Waals surface area contributed by atoms with E-state index in [0.29, 0.717) is 18.1 Å². The molecular weight excluding hydrogens is 338 g/mol. The molecule has 1 aromatic carbocycles. The van der Waals surface area contributed by atoms with Crippen molar-refractivity contribution in [2.24, 2.45) is 5.41 Å². The molecule has 2 aliphatic rings. The second-order valence-electron chi connectivity index (χ2n) is 8.26. The van der Waals surface area contributed by atoms with Gasteiger partial charge in [-0.25, -0.2) is 4.79 Å². The highest BCUT2D eigenvalue weighted by Gasteiger charge is 2.48. The molecule has 1 amide bonds. The summed E-state index contributed by atoms with van der Waals surface area (Å²) in [5.74, 6) is 0. The smallest absolute Gasteiger partial charge is 0.410 e. The van der Waals surface area contributed by atoms with E-state index in [1.807, 2.05) is 45.0 Å². The number of ether oxygens (including phenoxy) is 1. The van der Waals surface area contributed by atoms with Crippen LogP contribution in [-0.4, -0.2) is 41.4 Å². The summed E-state index contributed by atoms with van der Waals surface area (Å²) >= 11 is 5.97. The van der Waals surface area contributed by atoms with E-state index in [9.17, 15) is 9.90 Å². The largest absolute Gasteiger partial charge is 0.444 e. The van der Waals surface area contributed by atoms with Crippen molar-refractivity contribution in [2.75, 3.05) is 19.7 Å². The third-order valence-corrected chi connectivity index (χ3v) is 5.26. The first-order valence-corrected chi connectivity index (χ1v) is 9.15. The summed E-state index contributed by atoms with van der Waals surface area (Å²) < 4.78 is 5.44. The fourth-order valence-electron chi connectivity index (χ4n) is 3.85. The van der Waals surface area contributed by atoms with Gasteiger partial charge in [-0.15, -0.1) is 0 Å². The zero-order valence-corrected chi connectivity index (χ0v) is 15.9. The molecule has 136 valence electrons. The van der Waals surface area contributed by atoms with Crippen molar-refractivity contribution in [1.82, 2.24) is 4.90 Å². The van der Waals surface area contributed by atoms with Crippen LogP contribution in [0.15, 0.2) is 29.8 Å². The molecule has 0 atom stereocenters. The average molecular weight is 364 g/mol. The molecule has 3 rings (SSSR count). The molecule has 4 nitrogen and oxygen atoms in total. The number of likely N-dealkylation sites (tertiary alicyclic amines) is 1. The molecule has 5 heteroatoms. The van der Waals surface area contributed by atoms with Crippen molar-refractivity contribution in [2.45, 2.75) is 45.6 Å². The topological polar surface area (TPSA) is 49.8 Å². The number of allylic oxidation sites excluding steroid dienone is 1. The van der Waals surface area contributed by atoms with Gasteiger partial charge in [0.05, 0.1) is 6.61 Å². The van der Waals surface area contributed by atoms with Crippen LogP contribution >= 0.6 is 11.6 Å². The van der Waals surface area contributed by atoms with Crippen LogP contribution in [0.3, 0.4) is 0 Å². The van der Waals surface area contributed by atoms with Gasteiger partial charge in [-0.3, -0.25) is 0 Å². The number of hydrogen-bond donors (Lipinski definition) is 1. The Bertz CT molecular complexity index is 682. The lowest BCUT2D eigenvalue weighted by Crippen LogP contribution is -2.60. The lowest BCUT2D eigenvalue weighted by molar-refractivity contribution is -0.0391. The number of halogens is 1. The highest BCUT2D eigenvalue weighted by Crippen LogP contribution is 2.48. The van der Waals surface area contributed by atoms with Crippen LogP contribution in [0.2, 0.25) is 5.02 Å². The fourth-order valence-corrected chi connectivity index (χ4v) is 3.98. The van der Waals surface area contributed by atoms with E-state index in [4.69, 9.17) is 16.3 Å². The third-order valence-electron chi connectivity index (χ3n) is 5.01. The summed E-state index contributed by atoms with van der Waals surface area (Å²) in [6, 6.07) is 7.80. The molecule has 1 saturated heterocycles. The summed E-state index contributed by atoms with van der Waals surface area (Å²) in [7, 11) is 0. The third kappa shape index (κ3) is 4.01. The number of hydrogen-bond acceptors (Lipinski definition) is 3. The van der Waals surface area contributed by atoms with Gasteiger partial charge in [0.15, 0.2) is 0 Å². The number of benzene rings is 1. The lowest BCUT2D eigenvalue weighted by atomic mass is 9.66. The minimum atomic E-state index is -0.468. The molecular formula is C20H26ClNO3. The first-order chi connectivity index (χ1) is 11.7. The molecule has 1 spiro atoms. The second-order valence-corrected chi connectivity index (χ2v) is 8.70. The Balaban J connectivity index is 1.69. The monoisotopic (exact) mass is 363 g/mol. The number of carbonyl (C=O) groups excluding carboxylic acids is 1.